The number of nitro groups is 1. The highest BCUT2D eigenvalue weighted by molar-refractivity contribution is 7.22. The number of anilines is 1. The SMILES string of the molecule is CCCCOc1cccc(C(O)=C2C(=O)C(=O)N(c3nc4c(C)cc(C)cc4s3)C2c2cccc([N+](=O)[O-])c2)c1. The summed E-state index contributed by atoms with van der Waals surface area (Å²) in [7, 11) is 0. The summed E-state index contributed by atoms with van der Waals surface area (Å²) in [6, 6.07) is 15.2. The van der Waals surface area contributed by atoms with Gasteiger partial charge < -0.3 is 9.84 Å². The van der Waals surface area contributed by atoms with Crippen molar-refractivity contribution in [2.24, 2.45) is 0 Å². The molecule has 0 saturated carbocycles. The fourth-order valence-corrected chi connectivity index (χ4v) is 6.01. The second kappa shape index (κ2) is 10.9. The molecule has 3 aromatic carbocycles. The zero-order valence-corrected chi connectivity index (χ0v) is 23.0. The van der Waals surface area contributed by atoms with Gasteiger partial charge in [-0.2, -0.15) is 0 Å². The number of hydrogen-bond donors (Lipinski definition) is 1. The van der Waals surface area contributed by atoms with Gasteiger partial charge in [-0.25, -0.2) is 4.98 Å². The Labute approximate surface area is 234 Å². The molecule has 1 aliphatic rings. The van der Waals surface area contributed by atoms with Gasteiger partial charge in [-0.15, -0.1) is 0 Å². The molecule has 40 heavy (non-hydrogen) atoms. The lowest BCUT2D eigenvalue weighted by molar-refractivity contribution is -0.384. The van der Waals surface area contributed by atoms with E-state index in [0.29, 0.717) is 23.4 Å². The molecule has 0 radical (unpaired) electrons. The fraction of sp³-hybridized carbons (Fsp3) is 0.233. The van der Waals surface area contributed by atoms with E-state index in [4.69, 9.17) is 4.74 Å². The number of carbonyl (C=O) groups excluding carboxylic acids is 2. The number of aromatic nitrogens is 1. The molecular formula is C30H27N3O6S. The Morgan fingerprint density at radius 3 is 2.65 bits per heavy atom. The van der Waals surface area contributed by atoms with Crippen LogP contribution in [-0.2, 0) is 9.59 Å². The molecule has 2 heterocycles. The number of nitro benzene ring substituents is 1. The molecule has 1 fully saturated rings. The van der Waals surface area contributed by atoms with Crippen LogP contribution in [0.25, 0.3) is 16.0 Å². The van der Waals surface area contributed by atoms with Crippen LogP contribution in [-0.4, -0.2) is 33.3 Å². The van der Waals surface area contributed by atoms with Crippen LogP contribution in [0.2, 0.25) is 0 Å². The first-order valence-corrected chi connectivity index (χ1v) is 13.7. The Morgan fingerprint density at radius 2 is 1.90 bits per heavy atom. The number of Topliss-reactive ketones (excluding diaryl/α,β-unsaturated/α-hetero) is 1. The van der Waals surface area contributed by atoms with Gasteiger partial charge in [0.05, 0.1) is 33.4 Å². The molecule has 1 atom stereocenters. The number of ether oxygens (including phenoxy) is 1. The maximum Gasteiger partial charge on any atom is 0.301 e. The Bertz CT molecular complexity index is 1690. The third-order valence-electron chi connectivity index (χ3n) is 6.74. The first-order valence-electron chi connectivity index (χ1n) is 12.9. The van der Waals surface area contributed by atoms with Crippen LogP contribution < -0.4 is 9.64 Å². The molecule has 1 unspecified atom stereocenters. The summed E-state index contributed by atoms with van der Waals surface area (Å²) in [6.07, 6.45) is 1.81. The highest BCUT2D eigenvalue weighted by Crippen LogP contribution is 2.45. The molecule has 10 heteroatoms. The zero-order chi connectivity index (χ0) is 28.6. The zero-order valence-electron chi connectivity index (χ0n) is 22.2. The van der Waals surface area contributed by atoms with E-state index in [9.17, 15) is 24.8 Å². The number of aliphatic hydroxyl groups is 1. The van der Waals surface area contributed by atoms with Crippen LogP contribution in [0, 0.1) is 24.0 Å². The normalized spacial score (nSPS) is 16.6. The molecule has 0 bridgehead atoms. The van der Waals surface area contributed by atoms with Crippen LogP contribution >= 0.6 is 11.3 Å². The first kappa shape index (κ1) is 27.0. The topological polar surface area (TPSA) is 123 Å². The number of non-ortho nitro benzene ring substituents is 1. The van der Waals surface area contributed by atoms with E-state index in [-0.39, 0.29) is 22.0 Å². The van der Waals surface area contributed by atoms with E-state index < -0.39 is 28.4 Å². The number of aryl methyl sites for hydroxylation is 2. The summed E-state index contributed by atoms with van der Waals surface area (Å²) in [5.41, 5.74) is 2.85. The molecular weight excluding hydrogens is 530 g/mol. The van der Waals surface area contributed by atoms with Crippen molar-refractivity contribution in [3.63, 3.8) is 0 Å². The lowest BCUT2D eigenvalue weighted by Crippen LogP contribution is -2.29. The summed E-state index contributed by atoms with van der Waals surface area (Å²) in [6.45, 7) is 6.42. The van der Waals surface area contributed by atoms with E-state index in [1.165, 1.54) is 34.4 Å². The second-order valence-corrected chi connectivity index (χ2v) is 10.7. The summed E-state index contributed by atoms with van der Waals surface area (Å²) in [4.78, 5) is 44.1. The molecule has 4 aromatic rings. The van der Waals surface area contributed by atoms with Gasteiger partial charge in [-0.1, -0.05) is 55.0 Å². The number of carbonyl (C=O) groups is 2. The highest BCUT2D eigenvalue weighted by atomic mass is 32.1. The van der Waals surface area contributed by atoms with Crippen molar-refractivity contribution in [3.8, 4) is 5.75 Å². The van der Waals surface area contributed by atoms with Gasteiger partial charge in [-0.3, -0.25) is 24.6 Å². The molecule has 1 N–H and O–H groups in total. The fourth-order valence-electron chi connectivity index (χ4n) is 4.84. The number of thiazole rings is 1. The van der Waals surface area contributed by atoms with Crippen LogP contribution in [0.1, 0.15) is 48.1 Å². The van der Waals surface area contributed by atoms with Gasteiger partial charge in [0.2, 0.25) is 0 Å². The molecule has 9 nitrogen and oxygen atoms in total. The maximum atomic E-state index is 13.6. The van der Waals surface area contributed by atoms with E-state index in [1.807, 2.05) is 32.9 Å². The molecule has 1 amide bonds. The van der Waals surface area contributed by atoms with Crippen LogP contribution in [0.4, 0.5) is 10.8 Å². The second-order valence-electron chi connectivity index (χ2n) is 9.68. The molecule has 0 spiro atoms. The third kappa shape index (κ3) is 4.93. The monoisotopic (exact) mass is 557 g/mol. The summed E-state index contributed by atoms with van der Waals surface area (Å²) < 4.78 is 6.60. The van der Waals surface area contributed by atoms with Crippen molar-refractivity contribution in [1.29, 1.82) is 0 Å². The number of ketones is 1. The van der Waals surface area contributed by atoms with Crippen molar-refractivity contribution in [1.82, 2.24) is 4.98 Å². The quantitative estimate of drug-likeness (QED) is 0.0644. The molecule has 5 rings (SSSR count). The van der Waals surface area contributed by atoms with Crippen molar-refractivity contribution in [2.75, 3.05) is 11.5 Å². The minimum atomic E-state index is -1.13. The predicted octanol–water partition coefficient (Wildman–Crippen LogP) is 6.63. The van der Waals surface area contributed by atoms with Crippen molar-refractivity contribution in [2.45, 2.75) is 39.7 Å². The van der Waals surface area contributed by atoms with E-state index in [0.717, 1.165) is 28.7 Å². The molecule has 1 aliphatic heterocycles. The number of unbranched alkanes of at least 4 members (excludes halogenated alkanes) is 1. The highest BCUT2D eigenvalue weighted by Gasteiger charge is 2.48. The van der Waals surface area contributed by atoms with Gasteiger partial charge in [0.15, 0.2) is 5.13 Å². The average Bonchev–Trinajstić information content (AvgIpc) is 3.47. The van der Waals surface area contributed by atoms with Crippen LogP contribution in [0.5, 0.6) is 5.75 Å². The minimum absolute atomic E-state index is 0.177. The number of nitrogens with zero attached hydrogens (tertiary/aromatic N) is 3. The Hall–Kier alpha value is -4.57. The van der Waals surface area contributed by atoms with Gasteiger partial charge in [0.1, 0.15) is 11.5 Å². The van der Waals surface area contributed by atoms with Crippen molar-refractivity contribution in [3.05, 3.63) is 98.6 Å². The van der Waals surface area contributed by atoms with Gasteiger partial charge in [-0.05, 0) is 55.2 Å². The molecule has 1 saturated heterocycles. The molecule has 0 aliphatic carbocycles. The van der Waals surface area contributed by atoms with Gasteiger partial charge in [0.25, 0.3) is 11.5 Å². The van der Waals surface area contributed by atoms with Crippen molar-refractivity contribution < 1.29 is 24.4 Å². The maximum absolute atomic E-state index is 13.6. The van der Waals surface area contributed by atoms with E-state index >= 15 is 0 Å². The molecule has 1 aromatic heterocycles. The van der Waals surface area contributed by atoms with Crippen LogP contribution in [0.15, 0.2) is 66.2 Å². The first-order chi connectivity index (χ1) is 19.2. The van der Waals surface area contributed by atoms with E-state index in [2.05, 4.69) is 4.98 Å². The predicted molar refractivity (Wildman–Crippen MR) is 154 cm³/mol. The van der Waals surface area contributed by atoms with E-state index in [1.54, 1.807) is 30.3 Å². The van der Waals surface area contributed by atoms with Gasteiger partial charge >= 0.3 is 5.91 Å². The van der Waals surface area contributed by atoms with Crippen molar-refractivity contribution >= 4 is 49.8 Å². The minimum Gasteiger partial charge on any atom is -0.507 e. The number of aliphatic hydroxyl groups excluding tert-OH is 1. The molecule has 204 valence electrons. The summed E-state index contributed by atoms with van der Waals surface area (Å²) in [5.74, 6) is -1.66. The summed E-state index contributed by atoms with van der Waals surface area (Å²) in [5, 5.41) is 23.3. The number of hydrogen-bond acceptors (Lipinski definition) is 8. The number of rotatable bonds is 8. The number of amides is 1. The average molecular weight is 558 g/mol. The lowest BCUT2D eigenvalue weighted by Gasteiger charge is -2.22. The van der Waals surface area contributed by atoms with Crippen LogP contribution in [0.3, 0.4) is 0 Å². The smallest absolute Gasteiger partial charge is 0.301 e. The largest absolute Gasteiger partial charge is 0.507 e. The summed E-state index contributed by atoms with van der Waals surface area (Å²) >= 11 is 1.24. The Kier molecular flexibility index (Phi) is 7.36. The third-order valence-corrected chi connectivity index (χ3v) is 7.74. The Morgan fingerprint density at radius 1 is 1.12 bits per heavy atom. The number of fused-ring (bicyclic) bond motifs is 1. The number of benzene rings is 3. The lowest BCUT2D eigenvalue weighted by atomic mass is 9.95. The Balaban J connectivity index is 1.69. The van der Waals surface area contributed by atoms with Gasteiger partial charge in [0, 0.05) is 17.7 Å². The standard InChI is InChI=1S/C30H27N3O6S/c1-4-5-12-39-22-11-7-9-20(16-22)27(34)24-26(19-8-6-10-21(15-19)33(37)38)32(29(36)28(24)35)30-31-25-18(3)13-17(2)14-23(25)40-30/h6-11,13-16,26,34H,4-5,12H2,1-3H3.